The monoisotopic (exact) mass is 264 g/mol. The van der Waals surface area contributed by atoms with E-state index in [1.54, 1.807) is 12.1 Å². The van der Waals surface area contributed by atoms with Gasteiger partial charge < -0.3 is 10.1 Å². The summed E-state index contributed by atoms with van der Waals surface area (Å²) in [5, 5.41) is 14.4. The first kappa shape index (κ1) is 13.6. The van der Waals surface area contributed by atoms with Crippen molar-refractivity contribution in [2.75, 3.05) is 12.4 Å². The third-order valence-electron chi connectivity index (χ3n) is 3.71. The van der Waals surface area contributed by atoms with E-state index in [1.807, 2.05) is 6.07 Å². The Morgan fingerprint density at radius 1 is 1.47 bits per heavy atom. The fourth-order valence-electron chi connectivity index (χ4n) is 2.72. The number of rotatable bonds is 4. The van der Waals surface area contributed by atoms with Gasteiger partial charge in [-0.15, -0.1) is 0 Å². The summed E-state index contributed by atoms with van der Waals surface area (Å²) in [6, 6.07) is 5.41. The van der Waals surface area contributed by atoms with E-state index in [2.05, 4.69) is 19.2 Å². The molecule has 1 N–H and O–H groups in total. The second-order valence-electron chi connectivity index (χ2n) is 5.89. The van der Waals surface area contributed by atoms with E-state index in [1.165, 1.54) is 13.5 Å². The molecule has 0 heterocycles. The summed E-state index contributed by atoms with van der Waals surface area (Å²) < 4.78 is 5.00. The summed E-state index contributed by atoms with van der Waals surface area (Å²) in [4.78, 5) is 10.6. The second kappa shape index (κ2) is 5.07. The lowest BCUT2D eigenvalue weighted by Gasteiger charge is -2.18. The largest absolute Gasteiger partial charge is 0.490 e. The maximum Gasteiger partial charge on any atom is 0.312 e. The molecule has 0 aromatic heterocycles. The predicted octanol–water partition coefficient (Wildman–Crippen LogP) is 3.59. The number of hydrogen-bond donors (Lipinski definition) is 1. The SMILES string of the molecule is COc1ccc(NC2CCC(C)(C)C2)cc1[N+](=O)[O-]. The molecule has 1 aromatic carbocycles. The van der Waals surface area contributed by atoms with Crippen LogP contribution in [0, 0.1) is 15.5 Å². The molecule has 1 atom stereocenters. The highest BCUT2D eigenvalue weighted by Crippen LogP contribution is 2.39. The van der Waals surface area contributed by atoms with Gasteiger partial charge in [-0.05, 0) is 36.8 Å². The molecule has 0 radical (unpaired) electrons. The second-order valence-corrected chi connectivity index (χ2v) is 5.89. The average Bonchev–Trinajstić information content (AvgIpc) is 2.68. The number of nitrogens with zero attached hydrogens (tertiary/aromatic N) is 1. The van der Waals surface area contributed by atoms with Crippen LogP contribution in [0.4, 0.5) is 11.4 Å². The van der Waals surface area contributed by atoms with E-state index in [-0.39, 0.29) is 5.69 Å². The molecule has 5 nitrogen and oxygen atoms in total. The molecular formula is C14H20N2O3. The number of benzene rings is 1. The van der Waals surface area contributed by atoms with Crippen molar-refractivity contribution in [1.29, 1.82) is 0 Å². The van der Waals surface area contributed by atoms with Crippen LogP contribution in [0.25, 0.3) is 0 Å². The van der Waals surface area contributed by atoms with Crippen LogP contribution in [0.3, 0.4) is 0 Å². The van der Waals surface area contributed by atoms with Crippen LogP contribution in [-0.2, 0) is 0 Å². The van der Waals surface area contributed by atoms with Gasteiger partial charge in [0, 0.05) is 17.8 Å². The summed E-state index contributed by atoms with van der Waals surface area (Å²) in [5.41, 5.74) is 1.15. The first-order valence-corrected chi connectivity index (χ1v) is 6.50. The molecule has 104 valence electrons. The zero-order valence-corrected chi connectivity index (χ0v) is 11.6. The maximum atomic E-state index is 11.0. The van der Waals surface area contributed by atoms with Crippen LogP contribution in [0.5, 0.6) is 5.75 Å². The third-order valence-corrected chi connectivity index (χ3v) is 3.71. The Hall–Kier alpha value is -1.78. The quantitative estimate of drug-likeness (QED) is 0.666. The lowest BCUT2D eigenvalue weighted by Crippen LogP contribution is -2.17. The van der Waals surface area contributed by atoms with Crippen LogP contribution in [0.15, 0.2) is 18.2 Å². The Balaban J connectivity index is 2.13. The summed E-state index contributed by atoms with van der Waals surface area (Å²) >= 11 is 0. The van der Waals surface area contributed by atoms with Crippen molar-refractivity contribution in [3.63, 3.8) is 0 Å². The highest BCUT2D eigenvalue weighted by molar-refractivity contribution is 5.58. The van der Waals surface area contributed by atoms with Gasteiger partial charge in [0.2, 0.25) is 0 Å². The first-order chi connectivity index (χ1) is 8.91. The minimum atomic E-state index is -0.414. The third kappa shape index (κ3) is 3.16. The number of ether oxygens (including phenoxy) is 1. The summed E-state index contributed by atoms with van der Waals surface area (Å²) in [6.07, 6.45) is 3.38. The van der Waals surface area contributed by atoms with Gasteiger partial charge in [0.05, 0.1) is 12.0 Å². The smallest absolute Gasteiger partial charge is 0.312 e. The molecule has 0 aliphatic heterocycles. The molecule has 1 aromatic rings. The summed E-state index contributed by atoms with van der Waals surface area (Å²) in [5.74, 6) is 0.294. The minimum Gasteiger partial charge on any atom is -0.490 e. The van der Waals surface area contributed by atoms with Crippen molar-refractivity contribution in [2.45, 2.75) is 39.2 Å². The van der Waals surface area contributed by atoms with Crippen molar-refractivity contribution in [2.24, 2.45) is 5.41 Å². The van der Waals surface area contributed by atoms with E-state index < -0.39 is 4.92 Å². The topological polar surface area (TPSA) is 64.4 Å². The molecule has 0 amide bonds. The Morgan fingerprint density at radius 3 is 2.74 bits per heavy atom. The minimum absolute atomic E-state index is 0.00440. The fraction of sp³-hybridized carbons (Fsp3) is 0.571. The average molecular weight is 264 g/mol. The highest BCUT2D eigenvalue weighted by Gasteiger charge is 2.31. The number of nitrogens with one attached hydrogen (secondary N) is 1. The van der Waals surface area contributed by atoms with Gasteiger partial charge in [-0.1, -0.05) is 13.8 Å². The Kier molecular flexibility index (Phi) is 3.64. The summed E-state index contributed by atoms with van der Waals surface area (Å²) in [7, 11) is 1.44. The lowest BCUT2D eigenvalue weighted by molar-refractivity contribution is -0.385. The molecule has 2 rings (SSSR count). The molecule has 1 fully saturated rings. The van der Waals surface area contributed by atoms with Crippen molar-refractivity contribution in [3.8, 4) is 5.75 Å². The molecule has 1 aliphatic carbocycles. The zero-order chi connectivity index (χ0) is 14.0. The standard InChI is InChI=1S/C14H20N2O3/c1-14(2)7-6-11(9-14)15-10-4-5-13(19-3)12(8-10)16(17)18/h4-5,8,11,15H,6-7,9H2,1-3H3. The molecule has 1 aliphatic rings. The molecule has 5 heteroatoms. The van der Waals surface area contributed by atoms with Gasteiger partial charge in [0.25, 0.3) is 0 Å². The zero-order valence-electron chi connectivity index (χ0n) is 11.6. The summed E-state index contributed by atoms with van der Waals surface area (Å²) in [6.45, 7) is 4.51. The van der Waals surface area contributed by atoms with E-state index in [0.717, 1.165) is 18.5 Å². The number of nitro groups is 1. The molecule has 1 saturated carbocycles. The van der Waals surface area contributed by atoms with Gasteiger partial charge in [-0.3, -0.25) is 10.1 Å². The molecule has 0 saturated heterocycles. The van der Waals surface area contributed by atoms with Crippen LogP contribution in [0.2, 0.25) is 0 Å². The van der Waals surface area contributed by atoms with Crippen molar-refractivity contribution in [1.82, 2.24) is 0 Å². The Labute approximate surface area is 113 Å². The molecule has 19 heavy (non-hydrogen) atoms. The van der Waals surface area contributed by atoms with Crippen molar-refractivity contribution in [3.05, 3.63) is 28.3 Å². The van der Waals surface area contributed by atoms with Gasteiger partial charge in [-0.2, -0.15) is 0 Å². The Morgan fingerprint density at radius 2 is 2.21 bits per heavy atom. The predicted molar refractivity (Wildman–Crippen MR) is 74.7 cm³/mol. The van der Waals surface area contributed by atoms with E-state index >= 15 is 0 Å². The van der Waals surface area contributed by atoms with Gasteiger partial charge in [0.1, 0.15) is 0 Å². The van der Waals surface area contributed by atoms with Gasteiger partial charge in [0.15, 0.2) is 5.75 Å². The normalized spacial score (nSPS) is 21.1. The number of nitro benzene ring substituents is 1. The van der Waals surface area contributed by atoms with E-state index in [0.29, 0.717) is 17.2 Å². The van der Waals surface area contributed by atoms with Gasteiger partial charge >= 0.3 is 5.69 Å². The molecular weight excluding hydrogens is 244 g/mol. The van der Waals surface area contributed by atoms with Crippen molar-refractivity contribution < 1.29 is 9.66 Å². The molecule has 1 unspecified atom stereocenters. The molecule has 0 spiro atoms. The van der Waals surface area contributed by atoms with E-state index in [4.69, 9.17) is 4.74 Å². The van der Waals surface area contributed by atoms with Gasteiger partial charge in [-0.25, -0.2) is 0 Å². The van der Waals surface area contributed by atoms with Crippen LogP contribution < -0.4 is 10.1 Å². The van der Waals surface area contributed by atoms with Crippen LogP contribution >= 0.6 is 0 Å². The fourth-order valence-corrected chi connectivity index (χ4v) is 2.72. The number of hydrogen-bond acceptors (Lipinski definition) is 4. The number of methoxy groups -OCH3 is 1. The lowest BCUT2D eigenvalue weighted by atomic mass is 9.92. The van der Waals surface area contributed by atoms with Crippen LogP contribution in [-0.4, -0.2) is 18.1 Å². The first-order valence-electron chi connectivity index (χ1n) is 6.50. The van der Waals surface area contributed by atoms with E-state index in [9.17, 15) is 10.1 Å². The molecule has 0 bridgehead atoms. The highest BCUT2D eigenvalue weighted by atomic mass is 16.6. The van der Waals surface area contributed by atoms with Crippen LogP contribution in [0.1, 0.15) is 33.1 Å². The maximum absolute atomic E-state index is 11.0. The number of anilines is 1. The van der Waals surface area contributed by atoms with Crippen molar-refractivity contribution >= 4 is 11.4 Å². The Bertz CT molecular complexity index is 486.